The maximum absolute atomic E-state index is 12.7. The number of carbonyl (C=O) groups excluding carboxylic acids is 2. The van der Waals surface area contributed by atoms with Crippen LogP contribution in [-0.4, -0.2) is 58.3 Å². The fourth-order valence-electron chi connectivity index (χ4n) is 4.54. The average molecular weight is 360 g/mol. The zero-order chi connectivity index (χ0) is 19.0. The smallest absolute Gasteiger partial charge is 0.345 e. The van der Waals surface area contributed by atoms with Gasteiger partial charge in [0.25, 0.3) is 0 Å². The fraction of sp³-hybridized carbons (Fsp3) is 0.684. The number of nitrogens with one attached hydrogen (secondary N) is 1. The molecular formula is C19H28N4O3. The SMILES string of the molecule is Cc1nc(=O)[nH]c(C)c1CCC(=O)N(C)[C@H]1C[C@H]2CC(=O)N(C)C[C@H]2C1. The molecule has 1 N–H and O–H groups in total. The van der Waals surface area contributed by atoms with Crippen LogP contribution in [0.25, 0.3) is 0 Å². The minimum absolute atomic E-state index is 0.110. The number of aromatic amines is 1. The lowest BCUT2D eigenvalue weighted by molar-refractivity contribution is -0.135. The molecule has 7 nitrogen and oxygen atoms in total. The van der Waals surface area contributed by atoms with Crippen LogP contribution in [0.2, 0.25) is 0 Å². The van der Waals surface area contributed by atoms with Crippen LogP contribution in [0.4, 0.5) is 0 Å². The summed E-state index contributed by atoms with van der Waals surface area (Å²) in [6.07, 6.45) is 3.48. The number of hydrogen-bond donors (Lipinski definition) is 1. The van der Waals surface area contributed by atoms with Gasteiger partial charge in [-0.3, -0.25) is 9.59 Å². The van der Waals surface area contributed by atoms with Gasteiger partial charge >= 0.3 is 5.69 Å². The van der Waals surface area contributed by atoms with Crippen molar-refractivity contribution in [3.8, 4) is 0 Å². The Morgan fingerprint density at radius 2 is 1.96 bits per heavy atom. The van der Waals surface area contributed by atoms with Gasteiger partial charge in [0, 0.05) is 50.9 Å². The number of aryl methyl sites for hydroxylation is 2. The highest BCUT2D eigenvalue weighted by Crippen LogP contribution is 2.40. The van der Waals surface area contributed by atoms with Crippen molar-refractivity contribution in [2.24, 2.45) is 11.8 Å². The monoisotopic (exact) mass is 360 g/mol. The van der Waals surface area contributed by atoms with Crippen LogP contribution in [0.3, 0.4) is 0 Å². The number of carbonyl (C=O) groups is 2. The molecular weight excluding hydrogens is 332 g/mol. The van der Waals surface area contributed by atoms with Gasteiger partial charge in [-0.05, 0) is 50.5 Å². The minimum Gasteiger partial charge on any atom is -0.345 e. The topological polar surface area (TPSA) is 86.4 Å². The zero-order valence-electron chi connectivity index (χ0n) is 16.0. The number of piperidine rings is 1. The Morgan fingerprint density at radius 1 is 1.27 bits per heavy atom. The molecule has 0 aromatic carbocycles. The quantitative estimate of drug-likeness (QED) is 0.869. The number of hydrogen-bond acceptors (Lipinski definition) is 4. The van der Waals surface area contributed by atoms with E-state index < -0.39 is 0 Å². The van der Waals surface area contributed by atoms with E-state index >= 15 is 0 Å². The van der Waals surface area contributed by atoms with Gasteiger partial charge in [-0.2, -0.15) is 4.98 Å². The molecule has 0 bridgehead atoms. The highest BCUT2D eigenvalue weighted by Gasteiger charge is 2.42. The molecule has 0 radical (unpaired) electrons. The second-order valence-electron chi connectivity index (χ2n) is 7.86. The summed E-state index contributed by atoms with van der Waals surface area (Å²) in [7, 11) is 3.74. The Labute approximate surface area is 153 Å². The number of fused-ring (bicyclic) bond motifs is 1. The first kappa shape index (κ1) is 18.6. The van der Waals surface area contributed by atoms with Crippen molar-refractivity contribution in [2.45, 2.75) is 52.0 Å². The first-order valence-corrected chi connectivity index (χ1v) is 9.32. The third kappa shape index (κ3) is 3.66. The molecule has 1 aromatic rings. The average Bonchev–Trinajstić information content (AvgIpc) is 2.96. The van der Waals surface area contributed by atoms with E-state index in [1.807, 2.05) is 30.8 Å². The summed E-state index contributed by atoms with van der Waals surface area (Å²) in [5, 5.41) is 0. The Balaban J connectivity index is 1.59. The lowest BCUT2D eigenvalue weighted by Crippen LogP contribution is -2.40. The summed E-state index contributed by atoms with van der Waals surface area (Å²) in [4.78, 5) is 46.3. The summed E-state index contributed by atoms with van der Waals surface area (Å²) in [6.45, 7) is 4.46. The maximum atomic E-state index is 12.7. The van der Waals surface area contributed by atoms with Crippen LogP contribution in [0.15, 0.2) is 4.79 Å². The van der Waals surface area contributed by atoms with Crippen molar-refractivity contribution in [2.75, 3.05) is 20.6 Å². The number of H-pyrrole nitrogens is 1. The second-order valence-corrected chi connectivity index (χ2v) is 7.86. The lowest BCUT2D eigenvalue weighted by Gasteiger charge is -2.31. The molecule has 2 heterocycles. The number of likely N-dealkylation sites (tertiary alicyclic amines) is 1. The highest BCUT2D eigenvalue weighted by atomic mass is 16.2. The Hall–Kier alpha value is -2.18. The molecule has 3 atom stereocenters. The van der Waals surface area contributed by atoms with Gasteiger partial charge in [0.2, 0.25) is 11.8 Å². The molecule has 0 unspecified atom stereocenters. The van der Waals surface area contributed by atoms with Gasteiger partial charge in [0.05, 0.1) is 0 Å². The molecule has 7 heteroatoms. The van der Waals surface area contributed by atoms with Crippen LogP contribution in [0, 0.1) is 25.7 Å². The van der Waals surface area contributed by atoms with E-state index in [2.05, 4.69) is 9.97 Å². The normalized spacial score (nSPS) is 25.3. The number of amides is 2. The van der Waals surface area contributed by atoms with Crippen molar-refractivity contribution in [1.82, 2.24) is 19.8 Å². The van der Waals surface area contributed by atoms with Crippen LogP contribution < -0.4 is 5.69 Å². The third-order valence-corrected chi connectivity index (χ3v) is 6.17. The first-order valence-electron chi connectivity index (χ1n) is 9.32. The lowest BCUT2D eigenvalue weighted by atomic mass is 9.88. The predicted octanol–water partition coefficient (Wildman–Crippen LogP) is 1.03. The van der Waals surface area contributed by atoms with Crippen molar-refractivity contribution >= 4 is 11.8 Å². The Kier molecular flexibility index (Phi) is 5.16. The van der Waals surface area contributed by atoms with Crippen LogP contribution in [0.5, 0.6) is 0 Å². The largest absolute Gasteiger partial charge is 0.345 e. The molecule has 3 rings (SSSR count). The van der Waals surface area contributed by atoms with Gasteiger partial charge < -0.3 is 14.8 Å². The molecule has 2 amide bonds. The summed E-state index contributed by atoms with van der Waals surface area (Å²) < 4.78 is 0. The summed E-state index contributed by atoms with van der Waals surface area (Å²) >= 11 is 0. The summed E-state index contributed by atoms with van der Waals surface area (Å²) in [6, 6.07) is 0.215. The van der Waals surface area contributed by atoms with Crippen LogP contribution in [-0.2, 0) is 16.0 Å². The van der Waals surface area contributed by atoms with Crippen LogP contribution >= 0.6 is 0 Å². The van der Waals surface area contributed by atoms with E-state index in [4.69, 9.17) is 0 Å². The third-order valence-electron chi connectivity index (χ3n) is 6.17. The molecule has 1 aromatic heterocycles. The van der Waals surface area contributed by atoms with Gasteiger partial charge in [-0.1, -0.05) is 0 Å². The van der Waals surface area contributed by atoms with Crippen molar-refractivity contribution in [3.63, 3.8) is 0 Å². The molecule has 26 heavy (non-hydrogen) atoms. The predicted molar refractivity (Wildman–Crippen MR) is 97.7 cm³/mol. The fourth-order valence-corrected chi connectivity index (χ4v) is 4.54. The van der Waals surface area contributed by atoms with Gasteiger partial charge in [-0.15, -0.1) is 0 Å². The molecule has 1 aliphatic carbocycles. The Bertz CT molecular complexity index is 746. The Morgan fingerprint density at radius 3 is 2.65 bits per heavy atom. The number of rotatable bonds is 4. The molecule has 2 aliphatic rings. The van der Waals surface area contributed by atoms with Gasteiger partial charge in [0.1, 0.15) is 0 Å². The molecule has 1 saturated heterocycles. The van der Waals surface area contributed by atoms with Crippen molar-refractivity contribution in [3.05, 3.63) is 27.4 Å². The summed E-state index contributed by atoms with van der Waals surface area (Å²) in [5.41, 5.74) is 2.07. The van der Waals surface area contributed by atoms with E-state index in [0.717, 1.165) is 30.6 Å². The molecule has 2 fully saturated rings. The van der Waals surface area contributed by atoms with Gasteiger partial charge in [-0.25, -0.2) is 4.79 Å². The van der Waals surface area contributed by atoms with E-state index in [1.165, 1.54) is 0 Å². The molecule has 1 aliphatic heterocycles. The van der Waals surface area contributed by atoms with Crippen LogP contribution in [0.1, 0.15) is 42.6 Å². The van der Waals surface area contributed by atoms with Gasteiger partial charge in [0.15, 0.2) is 0 Å². The standard InChI is InChI=1S/C19H28N4O3/c1-11-16(12(2)21-19(26)20-11)5-6-17(24)23(4)15-7-13-9-18(25)22(3)10-14(13)8-15/h13-15H,5-10H2,1-4H3,(H,20,21,26)/t13-,14+,15-/m0/s1. The van der Waals surface area contributed by atoms with Crippen molar-refractivity contribution < 1.29 is 9.59 Å². The highest BCUT2D eigenvalue weighted by molar-refractivity contribution is 5.78. The minimum atomic E-state index is -0.347. The zero-order valence-corrected chi connectivity index (χ0v) is 16.0. The maximum Gasteiger partial charge on any atom is 0.345 e. The first-order chi connectivity index (χ1) is 12.3. The van der Waals surface area contributed by atoms with Crippen molar-refractivity contribution in [1.29, 1.82) is 0 Å². The molecule has 0 spiro atoms. The second kappa shape index (κ2) is 7.21. The molecule has 142 valence electrons. The molecule has 1 saturated carbocycles. The van der Waals surface area contributed by atoms with E-state index in [1.54, 1.807) is 6.92 Å². The van der Waals surface area contributed by atoms with E-state index in [0.29, 0.717) is 36.8 Å². The summed E-state index contributed by atoms with van der Waals surface area (Å²) in [5.74, 6) is 1.24. The number of aromatic nitrogens is 2. The van der Waals surface area contributed by atoms with E-state index in [-0.39, 0.29) is 23.5 Å². The number of nitrogens with zero attached hydrogens (tertiary/aromatic N) is 3. The van der Waals surface area contributed by atoms with E-state index in [9.17, 15) is 14.4 Å².